The smallest absolute Gasteiger partial charge is 0.337 e. The van der Waals surface area contributed by atoms with Gasteiger partial charge in [-0.1, -0.05) is 42.5 Å². The Bertz CT molecular complexity index is 1110. The summed E-state index contributed by atoms with van der Waals surface area (Å²) in [7, 11) is 1.30. The van der Waals surface area contributed by atoms with Crippen LogP contribution in [0.1, 0.15) is 15.9 Å². The van der Waals surface area contributed by atoms with E-state index in [-0.39, 0.29) is 5.57 Å². The minimum absolute atomic E-state index is 0.0877. The van der Waals surface area contributed by atoms with Crippen molar-refractivity contribution in [2.24, 2.45) is 0 Å². The summed E-state index contributed by atoms with van der Waals surface area (Å²) in [5.41, 5.74) is 1.33. The molecule has 0 aliphatic heterocycles. The van der Waals surface area contributed by atoms with Gasteiger partial charge in [-0.15, -0.1) is 0 Å². The first-order chi connectivity index (χ1) is 14.6. The van der Waals surface area contributed by atoms with Gasteiger partial charge in [-0.3, -0.25) is 4.79 Å². The van der Waals surface area contributed by atoms with Crippen LogP contribution in [0.5, 0.6) is 11.5 Å². The van der Waals surface area contributed by atoms with Crippen LogP contribution in [0.4, 0.5) is 5.69 Å². The first-order valence-electron chi connectivity index (χ1n) is 9.04. The van der Waals surface area contributed by atoms with Crippen molar-refractivity contribution in [2.75, 3.05) is 12.4 Å². The number of ether oxygens (including phenoxy) is 2. The molecule has 0 heterocycles. The third kappa shape index (κ3) is 5.12. The maximum absolute atomic E-state index is 12.6. The van der Waals surface area contributed by atoms with Crippen molar-refractivity contribution >= 4 is 23.6 Å². The van der Waals surface area contributed by atoms with E-state index in [0.717, 1.165) is 0 Å². The van der Waals surface area contributed by atoms with Crippen LogP contribution in [0.3, 0.4) is 0 Å². The molecule has 0 aliphatic carbocycles. The molecule has 0 bridgehead atoms. The van der Waals surface area contributed by atoms with Crippen molar-refractivity contribution in [3.63, 3.8) is 0 Å². The number of hydrogen-bond acceptors (Lipinski definition) is 5. The molecule has 3 aromatic carbocycles. The van der Waals surface area contributed by atoms with E-state index >= 15 is 0 Å². The summed E-state index contributed by atoms with van der Waals surface area (Å²) < 4.78 is 10.5. The third-order valence-electron chi connectivity index (χ3n) is 4.11. The molecule has 0 saturated carbocycles. The van der Waals surface area contributed by atoms with Gasteiger partial charge in [-0.25, -0.2) is 4.79 Å². The summed E-state index contributed by atoms with van der Waals surface area (Å²) in [4.78, 5) is 24.2. The second-order valence-electron chi connectivity index (χ2n) is 6.15. The predicted octanol–water partition coefficient (Wildman–Crippen LogP) is 4.81. The molecule has 30 heavy (non-hydrogen) atoms. The zero-order chi connectivity index (χ0) is 21.3. The van der Waals surface area contributed by atoms with Gasteiger partial charge in [0.05, 0.1) is 18.4 Å². The Morgan fingerprint density at radius 2 is 1.60 bits per heavy atom. The highest BCUT2D eigenvalue weighted by Crippen LogP contribution is 2.29. The van der Waals surface area contributed by atoms with Crippen LogP contribution in [0, 0.1) is 11.3 Å². The quantitative estimate of drug-likeness (QED) is 0.366. The van der Waals surface area contributed by atoms with E-state index in [1.807, 2.05) is 24.3 Å². The van der Waals surface area contributed by atoms with Gasteiger partial charge in [0.2, 0.25) is 0 Å². The summed E-state index contributed by atoms with van der Waals surface area (Å²) in [5.74, 6) is 0.0511. The Morgan fingerprint density at radius 3 is 2.27 bits per heavy atom. The number of carbonyl (C=O) groups is 2. The monoisotopic (exact) mass is 398 g/mol. The number of nitrogens with one attached hydrogen (secondary N) is 1. The lowest BCUT2D eigenvalue weighted by Gasteiger charge is -2.12. The van der Waals surface area contributed by atoms with Crippen LogP contribution in [-0.4, -0.2) is 19.0 Å². The second-order valence-corrected chi connectivity index (χ2v) is 6.15. The highest BCUT2D eigenvalue weighted by molar-refractivity contribution is 6.10. The molecule has 0 spiro atoms. The van der Waals surface area contributed by atoms with Crippen molar-refractivity contribution in [1.29, 1.82) is 5.26 Å². The number of methoxy groups -OCH3 is 1. The number of nitriles is 1. The Morgan fingerprint density at radius 1 is 0.933 bits per heavy atom. The zero-order valence-corrected chi connectivity index (χ0v) is 16.2. The Kier molecular flexibility index (Phi) is 6.59. The topological polar surface area (TPSA) is 88.4 Å². The van der Waals surface area contributed by atoms with Crippen LogP contribution >= 0.6 is 0 Å². The number of rotatable bonds is 6. The number of anilines is 1. The van der Waals surface area contributed by atoms with Crippen molar-refractivity contribution in [3.8, 4) is 17.6 Å². The SMILES string of the molecule is COC(=O)c1ccc(/C=C(/C#N)C(=O)Nc2ccccc2Oc2ccccc2)cc1. The van der Waals surface area contributed by atoms with Gasteiger partial charge in [0.15, 0.2) is 5.75 Å². The number of para-hydroxylation sites is 3. The molecule has 6 heteroatoms. The fourth-order valence-electron chi connectivity index (χ4n) is 2.61. The molecule has 1 N–H and O–H groups in total. The van der Waals surface area contributed by atoms with Crippen molar-refractivity contribution in [2.45, 2.75) is 0 Å². The molecule has 148 valence electrons. The lowest BCUT2D eigenvalue weighted by Crippen LogP contribution is -2.14. The number of amides is 1. The van der Waals surface area contributed by atoms with Gasteiger partial charge in [0.25, 0.3) is 5.91 Å². The number of nitrogens with zero attached hydrogens (tertiary/aromatic N) is 1. The fourth-order valence-corrected chi connectivity index (χ4v) is 2.61. The lowest BCUT2D eigenvalue weighted by molar-refractivity contribution is -0.112. The molecule has 6 nitrogen and oxygen atoms in total. The molecule has 0 aromatic heterocycles. The van der Waals surface area contributed by atoms with E-state index in [2.05, 4.69) is 10.1 Å². The maximum atomic E-state index is 12.6. The summed E-state index contributed by atoms with van der Waals surface area (Å²) >= 11 is 0. The maximum Gasteiger partial charge on any atom is 0.337 e. The van der Waals surface area contributed by atoms with Gasteiger partial charge in [-0.05, 0) is 48.0 Å². The van der Waals surface area contributed by atoms with Crippen LogP contribution in [0.15, 0.2) is 84.4 Å². The molecular weight excluding hydrogens is 380 g/mol. The van der Waals surface area contributed by atoms with Crippen molar-refractivity contribution in [1.82, 2.24) is 0 Å². The number of carbonyl (C=O) groups excluding carboxylic acids is 2. The molecular formula is C24H18N2O4. The molecule has 3 rings (SSSR count). The van der Waals surface area contributed by atoms with Crippen molar-refractivity contribution in [3.05, 3.63) is 95.6 Å². The average molecular weight is 398 g/mol. The zero-order valence-electron chi connectivity index (χ0n) is 16.2. The number of hydrogen-bond donors (Lipinski definition) is 1. The fraction of sp³-hybridized carbons (Fsp3) is 0.0417. The van der Waals surface area contributed by atoms with Crippen LogP contribution < -0.4 is 10.1 Å². The highest BCUT2D eigenvalue weighted by atomic mass is 16.5. The molecule has 1 amide bonds. The standard InChI is InChI=1S/C24H18N2O4/c1-29-24(28)18-13-11-17(12-14-18)15-19(16-25)23(27)26-21-9-5-6-10-22(21)30-20-7-3-2-4-8-20/h2-15H,1H3,(H,26,27)/b19-15-. The van der Waals surface area contributed by atoms with E-state index in [1.165, 1.54) is 13.2 Å². The molecule has 0 atom stereocenters. The second kappa shape index (κ2) is 9.71. The van der Waals surface area contributed by atoms with Gasteiger partial charge < -0.3 is 14.8 Å². The minimum atomic E-state index is -0.571. The molecule has 0 unspecified atom stereocenters. The summed E-state index contributed by atoms with van der Waals surface area (Å²) in [5, 5.41) is 12.1. The average Bonchev–Trinajstić information content (AvgIpc) is 2.79. The summed E-state index contributed by atoms with van der Waals surface area (Å²) in [6, 6.07) is 24.4. The number of esters is 1. The molecule has 3 aromatic rings. The lowest BCUT2D eigenvalue weighted by atomic mass is 10.1. The Hall–Kier alpha value is -4.37. The normalized spacial score (nSPS) is 10.6. The van der Waals surface area contributed by atoms with Gasteiger partial charge >= 0.3 is 5.97 Å². The molecule has 0 radical (unpaired) electrons. The third-order valence-corrected chi connectivity index (χ3v) is 4.11. The van der Waals surface area contributed by atoms with Crippen LogP contribution in [0.2, 0.25) is 0 Å². The summed E-state index contributed by atoms with van der Waals surface area (Å²) in [6.07, 6.45) is 1.44. The molecule has 0 fully saturated rings. The van der Waals surface area contributed by atoms with Crippen molar-refractivity contribution < 1.29 is 19.1 Å². The van der Waals surface area contributed by atoms with Gasteiger partial charge in [0.1, 0.15) is 17.4 Å². The first-order valence-corrected chi connectivity index (χ1v) is 9.04. The van der Waals surface area contributed by atoms with Gasteiger partial charge in [-0.2, -0.15) is 5.26 Å². The largest absolute Gasteiger partial charge is 0.465 e. The Balaban J connectivity index is 1.78. The van der Waals surface area contributed by atoms with E-state index in [9.17, 15) is 14.9 Å². The highest BCUT2D eigenvalue weighted by Gasteiger charge is 2.13. The van der Waals surface area contributed by atoms with Gasteiger partial charge in [0, 0.05) is 0 Å². The molecule has 0 aliphatic rings. The summed E-state index contributed by atoms with van der Waals surface area (Å²) in [6.45, 7) is 0. The van der Waals surface area contributed by atoms with E-state index in [1.54, 1.807) is 60.7 Å². The van der Waals surface area contributed by atoms with E-state index in [4.69, 9.17) is 4.74 Å². The van der Waals surface area contributed by atoms with E-state index in [0.29, 0.717) is 28.3 Å². The predicted molar refractivity (Wildman–Crippen MR) is 113 cm³/mol. The Labute approximate surface area is 174 Å². The van der Waals surface area contributed by atoms with Crippen LogP contribution in [0.25, 0.3) is 6.08 Å². The van der Waals surface area contributed by atoms with E-state index < -0.39 is 11.9 Å². The minimum Gasteiger partial charge on any atom is -0.465 e. The first kappa shape index (κ1) is 20.4. The molecule has 0 saturated heterocycles. The van der Waals surface area contributed by atoms with Crippen LogP contribution in [-0.2, 0) is 9.53 Å². The number of benzene rings is 3.